The quantitative estimate of drug-likeness (QED) is 0.135. The Morgan fingerprint density at radius 1 is 0.647 bits per heavy atom. The third-order valence-electron chi connectivity index (χ3n) is 10.3. The summed E-state index contributed by atoms with van der Waals surface area (Å²) in [5.74, 6) is 0.322. The molecule has 1 heterocycles. The third-order valence-corrected chi connectivity index (χ3v) is 10.3. The standard InChI is InChI=1S/C48H37N3/c1-3-31-18-19-33(26-42(31)32(4-2)30-49-37-12-7-5-8-13-37)35-21-24-46-44(28-35)45-29-36(22-25-47(45)51-46)34-20-23-39-40-16-11-17-41(43(39)27-34)48(40)50-38-14-9-6-10-15-38/h3-30,40,48-51H,1-2H2/b32-30-. The van der Waals surface area contributed by atoms with Crippen molar-refractivity contribution in [1.82, 2.24) is 4.98 Å². The Bertz CT molecular complexity index is 2570. The van der Waals surface area contributed by atoms with Gasteiger partial charge in [-0.25, -0.2) is 0 Å². The van der Waals surface area contributed by atoms with Crippen LogP contribution in [0.25, 0.3) is 61.3 Å². The molecule has 0 spiro atoms. The van der Waals surface area contributed by atoms with Crippen molar-refractivity contribution in [3.8, 4) is 22.3 Å². The van der Waals surface area contributed by atoms with Crippen molar-refractivity contribution in [3.05, 3.63) is 199 Å². The first kappa shape index (κ1) is 30.5. The molecule has 2 aliphatic rings. The molecule has 2 bridgehead atoms. The number of nitrogens with one attached hydrogen (secondary N) is 3. The van der Waals surface area contributed by atoms with Crippen LogP contribution in [0.15, 0.2) is 177 Å². The number of anilines is 2. The molecule has 9 rings (SSSR count). The minimum atomic E-state index is 0.233. The van der Waals surface area contributed by atoms with Gasteiger partial charge in [-0.1, -0.05) is 116 Å². The zero-order valence-corrected chi connectivity index (χ0v) is 28.2. The number of hydrogen-bond acceptors (Lipinski definition) is 2. The molecule has 0 amide bonds. The maximum absolute atomic E-state index is 4.13. The third kappa shape index (κ3) is 5.50. The van der Waals surface area contributed by atoms with E-state index in [-0.39, 0.29) is 6.04 Å². The van der Waals surface area contributed by atoms with Crippen LogP contribution in [0.5, 0.6) is 0 Å². The SMILES string of the molecule is C=C/C(=C/Nc1ccccc1)c1cc(-c2ccc3[nH]c4ccc(-c5ccc6c(c5)C5=CC=CC6C5Nc5ccccc5)cc4c3c2)ccc1C=C. The number of benzene rings is 6. The highest BCUT2D eigenvalue weighted by Crippen LogP contribution is 2.47. The minimum absolute atomic E-state index is 0.233. The summed E-state index contributed by atoms with van der Waals surface area (Å²) in [7, 11) is 0. The van der Waals surface area contributed by atoms with Crippen LogP contribution in [0.3, 0.4) is 0 Å². The highest BCUT2D eigenvalue weighted by Gasteiger charge is 2.36. The van der Waals surface area contributed by atoms with Crippen LogP contribution in [0.4, 0.5) is 11.4 Å². The molecule has 3 heteroatoms. The van der Waals surface area contributed by atoms with Crippen molar-refractivity contribution in [2.45, 2.75) is 12.0 Å². The lowest BCUT2D eigenvalue weighted by atomic mass is 9.93. The average Bonchev–Trinajstić information content (AvgIpc) is 3.62. The van der Waals surface area contributed by atoms with E-state index in [0.29, 0.717) is 5.92 Å². The van der Waals surface area contributed by atoms with Gasteiger partial charge in [-0.05, 0) is 116 Å². The van der Waals surface area contributed by atoms with Gasteiger partial charge in [0.05, 0.1) is 6.04 Å². The van der Waals surface area contributed by atoms with Crippen molar-refractivity contribution >= 4 is 50.4 Å². The largest absolute Gasteiger partial charge is 0.377 e. The molecule has 0 saturated carbocycles. The summed E-state index contributed by atoms with van der Waals surface area (Å²) in [6.45, 7) is 8.22. The van der Waals surface area contributed by atoms with Crippen molar-refractivity contribution in [2.75, 3.05) is 10.6 Å². The highest BCUT2D eigenvalue weighted by atomic mass is 14.9. The van der Waals surface area contributed by atoms with Gasteiger partial charge in [0.15, 0.2) is 0 Å². The first-order valence-corrected chi connectivity index (χ1v) is 17.5. The maximum Gasteiger partial charge on any atom is 0.0623 e. The number of aromatic nitrogens is 1. The van der Waals surface area contributed by atoms with Gasteiger partial charge in [-0.15, -0.1) is 0 Å². The zero-order chi connectivity index (χ0) is 34.3. The molecule has 3 N–H and O–H groups in total. The summed E-state index contributed by atoms with van der Waals surface area (Å²) in [5.41, 5.74) is 16.4. The van der Waals surface area contributed by atoms with E-state index in [2.05, 4.69) is 150 Å². The molecule has 1 aromatic heterocycles. The maximum atomic E-state index is 4.13. The summed E-state index contributed by atoms with van der Waals surface area (Å²) in [4.78, 5) is 3.66. The van der Waals surface area contributed by atoms with Gasteiger partial charge in [0.1, 0.15) is 0 Å². The Labute approximate surface area is 298 Å². The van der Waals surface area contributed by atoms with E-state index in [0.717, 1.165) is 50.2 Å². The van der Waals surface area contributed by atoms with Gasteiger partial charge in [-0.3, -0.25) is 0 Å². The monoisotopic (exact) mass is 655 g/mol. The lowest BCUT2D eigenvalue weighted by molar-refractivity contribution is 0.809. The molecule has 6 aromatic carbocycles. The number of hydrogen-bond donors (Lipinski definition) is 3. The number of fused-ring (bicyclic) bond motifs is 8. The van der Waals surface area contributed by atoms with E-state index in [9.17, 15) is 0 Å². The Balaban J connectivity index is 1.06. The molecule has 2 unspecified atom stereocenters. The number of aromatic amines is 1. The van der Waals surface area contributed by atoms with Crippen molar-refractivity contribution in [2.24, 2.45) is 0 Å². The predicted octanol–water partition coefficient (Wildman–Crippen LogP) is 12.5. The second kappa shape index (κ2) is 12.7. The summed E-state index contributed by atoms with van der Waals surface area (Å²) in [5, 5.41) is 9.65. The second-order valence-electron chi connectivity index (χ2n) is 13.3. The van der Waals surface area contributed by atoms with Crippen LogP contribution < -0.4 is 10.6 Å². The van der Waals surface area contributed by atoms with E-state index in [1.54, 1.807) is 0 Å². The second-order valence-corrected chi connectivity index (χ2v) is 13.3. The van der Waals surface area contributed by atoms with Crippen LogP contribution in [-0.4, -0.2) is 11.0 Å². The van der Waals surface area contributed by atoms with Crippen molar-refractivity contribution < 1.29 is 0 Å². The summed E-state index contributed by atoms with van der Waals surface area (Å²) >= 11 is 0. The lowest BCUT2D eigenvalue weighted by Gasteiger charge is -2.23. The molecule has 0 fully saturated rings. The first-order valence-electron chi connectivity index (χ1n) is 17.5. The van der Waals surface area contributed by atoms with E-state index < -0.39 is 0 Å². The molecule has 51 heavy (non-hydrogen) atoms. The molecular formula is C48H37N3. The topological polar surface area (TPSA) is 39.9 Å². The van der Waals surface area contributed by atoms with Gasteiger partial charge in [-0.2, -0.15) is 0 Å². The molecule has 3 nitrogen and oxygen atoms in total. The molecular weight excluding hydrogens is 619 g/mol. The van der Waals surface area contributed by atoms with Gasteiger partial charge in [0.2, 0.25) is 0 Å². The van der Waals surface area contributed by atoms with E-state index >= 15 is 0 Å². The van der Waals surface area contributed by atoms with E-state index in [4.69, 9.17) is 0 Å². The van der Waals surface area contributed by atoms with Crippen LogP contribution in [0.2, 0.25) is 0 Å². The van der Waals surface area contributed by atoms with Crippen LogP contribution in [-0.2, 0) is 0 Å². The molecule has 244 valence electrons. The van der Waals surface area contributed by atoms with Gasteiger partial charge in [0, 0.05) is 45.3 Å². The number of allylic oxidation sites excluding steroid dienone is 4. The van der Waals surface area contributed by atoms with Crippen LogP contribution in [0.1, 0.15) is 28.2 Å². The van der Waals surface area contributed by atoms with Gasteiger partial charge in [0.25, 0.3) is 0 Å². The summed E-state index contributed by atoms with van der Waals surface area (Å²) in [6.07, 6.45) is 12.6. The highest BCUT2D eigenvalue weighted by molar-refractivity contribution is 6.10. The van der Waals surface area contributed by atoms with Crippen LogP contribution in [0, 0.1) is 0 Å². The van der Waals surface area contributed by atoms with Crippen LogP contribution >= 0.6 is 0 Å². The molecule has 0 aliphatic heterocycles. The number of para-hydroxylation sites is 2. The fraction of sp³-hybridized carbons (Fsp3) is 0.0417. The molecule has 0 saturated heterocycles. The smallest absolute Gasteiger partial charge is 0.0623 e. The van der Waals surface area contributed by atoms with Crippen molar-refractivity contribution in [1.29, 1.82) is 0 Å². The molecule has 2 aliphatic carbocycles. The Hall–Kier alpha value is -6.58. The number of H-pyrrole nitrogens is 1. The fourth-order valence-electron chi connectivity index (χ4n) is 7.75. The summed E-state index contributed by atoms with van der Waals surface area (Å²) < 4.78 is 0. The predicted molar refractivity (Wildman–Crippen MR) is 219 cm³/mol. The zero-order valence-electron chi connectivity index (χ0n) is 28.2. The lowest BCUT2D eigenvalue weighted by Crippen LogP contribution is -2.23. The van der Waals surface area contributed by atoms with Gasteiger partial charge >= 0.3 is 0 Å². The van der Waals surface area contributed by atoms with E-state index in [1.165, 1.54) is 38.6 Å². The first-order chi connectivity index (χ1) is 25.2. The Kier molecular flexibility index (Phi) is 7.59. The average molecular weight is 656 g/mol. The Morgan fingerprint density at radius 3 is 1.96 bits per heavy atom. The van der Waals surface area contributed by atoms with Crippen molar-refractivity contribution in [3.63, 3.8) is 0 Å². The minimum Gasteiger partial charge on any atom is -0.377 e. The molecule has 2 atom stereocenters. The molecule has 7 aromatic rings. The number of rotatable bonds is 9. The summed E-state index contributed by atoms with van der Waals surface area (Å²) in [6, 6.07) is 48.0. The fourth-order valence-corrected chi connectivity index (χ4v) is 7.75. The Morgan fingerprint density at radius 2 is 1.27 bits per heavy atom. The van der Waals surface area contributed by atoms with E-state index in [1.807, 2.05) is 48.7 Å². The normalized spacial score (nSPS) is 16.2. The molecule has 0 radical (unpaired) electrons. The van der Waals surface area contributed by atoms with Gasteiger partial charge < -0.3 is 15.6 Å².